The van der Waals surface area contributed by atoms with Gasteiger partial charge in [-0.25, -0.2) is 0 Å². The molecule has 0 saturated heterocycles. The average molecular weight is 222 g/mol. The molecule has 1 unspecified atom stereocenters. The van der Waals surface area contributed by atoms with Crippen LogP contribution in [0.15, 0.2) is 10.7 Å². The number of carbonyl (C=O) groups excluding carboxylic acids is 1. The molecule has 2 rings (SSSR count). The minimum absolute atomic E-state index is 0.0849. The summed E-state index contributed by atoms with van der Waals surface area (Å²) in [4.78, 5) is 22.7. The van der Waals surface area contributed by atoms with Gasteiger partial charge in [0, 0.05) is 18.4 Å². The Hall–Kier alpha value is -1.58. The normalized spacial score (nSPS) is 19.9. The first-order chi connectivity index (χ1) is 7.50. The second kappa shape index (κ2) is 3.77. The predicted molar refractivity (Wildman–Crippen MR) is 56.6 cm³/mol. The van der Waals surface area contributed by atoms with Gasteiger partial charge in [0.05, 0.1) is 17.7 Å². The number of carbonyl (C=O) groups is 2. The third kappa shape index (κ3) is 1.64. The molecule has 1 N–H and O–H groups in total. The topological polar surface area (TPSA) is 67.5 Å². The SMILES string of the molecule is CC(C)c1coc2c1C(=O)CC(C(=O)O)C2. The van der Waals surface area contributed by atoms with Crippen molar-refractivity contribution in [2.45, 2.75) is 32.6 Å². The van der Waals surface area contributed by atoms with E-state index >= 15 is 0 Å². The molecule has 1 heterocycles. The Morgan fingerprint density at radius 2 is 2.19 bits per heavy atom. The number of carboxylic acids is 1. The third-order valence-corrected chi connectivity index (χ3v) is 3.01. The van der Waals surface area contributed by atoms with Crippen LogP contribution in [0.5, 0.6) is 0 Å². The lowest BCUT2D eigenvalue weighted by molar-refractivity contribution is -0.141. The fourth-order valence-corrected chi connectivity index (χ4v) is 2.10. The third-order valence-electron chi connectivity index (χ3n) is 3.01. The summed E-state index contributed by atoms with van der Waals surface area (Å²) in [5, 5.41) is 8.90. The zero-order valence-corrected chi connectivity index (χ0v) is 9.32. The van der Waals surface area contributed by atoms with E-state index in [4.69, 9.17) is 9.52 Å². The van der Waals surface area contributed by atoms with Crippen molar-refractivity contribution >= 4 is 11.8 Å². The van der Waals surface area contributed by atoms with E-state index < -0.39 is 11.9 Å². The van der Waals surface area contributed by atoms with Crippen LogP contribution in [0.4, 0.5) is 0 Å². The quantitative estimate of drug-likeness (QED) is 0.833. The minimum atomic E-state index is -0.929. The van der Waals surface area contributed by atoms with E-state index in [0.717, 1.165) is 5.56 Å². The number of carboxylic acid groups (broad SMARTS) is 1. The largest absolute Gasteiger partial charge is 0.481 e. The van der Waals surface area contributed by atoms with E-state index in [0.29, 0.717) is 17.7 Å². The van der Waals surface area contributed by atoms with Gasteiger partial charge in [-0.3, -0.25) is 9.59 Å². The number of Topliss-reactive ketones (excluding diaryl/α,β-unsaturated/α-hetero) is 1. The molecule has 16 heavy (non-hydrogen) atoms. The zero-order valence-electron chi connectivity index (χ0n) is 9.32. The predicted octanol–water partition coefficient (Wildman–Crippen LogP) is 2.23. The lowest BCUT2D eigenvalue weighted by Gasteiger charge is -2.17. The molecule has 0 spiro atoms. The van der Waals surface area contributed by atoms with Crippen LogP contribution >= 0.6 is 0 Å². The summed E-state index contributed by atoms with van der Waals surface area (Å²) in [5.41, 5.74) is 1.51. The molecule has 1 aliphatic rings. The van der Waals surface area contributed by atoms with Crippen molar-refractivity contribution in [1.29, 1.82) is 0 Å². The van der Waals surface area contributed by atoms with Gasteiger partial charge in [0.2, 0.25) is 0 Å². The molecule has 4 heteroatoms. The Morgan fingerprint density at radius 1 is 1.50 bits per heavy atom. The monoisotopic (exact) mass is 222 g/mol. The first-order valence-corrected chi connectivity index (χ1v) is 5.37. The highest BCUT2D eigenvalue weighted by molar-refractivity contribution is 6.01. The minimum Gasteiger partial charge on any atom is -0.481 e. The van der Waals surface area contributed by atoms with Gasteiger partial charge in [-0.15, -0.1) is 0 Å². The van der Waals surface area contributed by atoms with Gasteiger partial charge >= 0.3 is 5.97 Å². The van der Waals surface area contributed by atoms with Gasteiger partial charge < -0.3 is 9.52 Å². The van der Waals surface area contributed by atoms with Crippen LogP contribution in [0.3, 0.4) is 0 Å². The van der Waals surface area contributed by atoms with Crippen LogP contribution in [0.1, 0.15) is 47.9 Å². The molecule has 0 aliphatic heterocycles. The van der Waals surface area contributed by atoms with Gasteiger partial charge in [0.25, 0.3) is 0 Å². The molecule has 1 aliphatic carbocycles. The Morgan fingerprint density at radius 3 is 2.75 bits per heavy atom. The summed E-state index contributed by atoms with van der Waals surface area (Å²) in [6.07, 6.45) is 1.99. The summed E-state index contributed by atoms with van der Waals surface area (Å²) < 4.78 is 5.32. The molecule has 0 fully saturated rings. The lowest BCUT2D eigenvalue weighted by Crippen LogP contribution is -2.26. The van der Waals surface area contributed by atoms with E-state index in [2.05, 4.69) is 0 Å². The summed E-state index contributed by atoms with van der Waals surface area (Å²) in [6.45, 7) is 3.98. The van der Waals surface area contributed by atoms with Gasteiger partial charge in [0.15, 0.2) is 5.78 Å². The molecule has 0 aromatic carbocycles. The lowest BCUT2D eigenvalue weighted by atomic mass is 9.84. The Balaban J connectivity index is 2.40. The van der Waals surface area contributed by atoms with E-state index in [9.17, 15) is 9.59 Å². The highest BCUT2D eigenvalue weighted by Gasteiger charge is 2.34. The molecule has 4 nitrogen and oxygen atoms in total. The number of furan rings is 1. The van der Waals surface area contributed by atoms with Crippen LogP contribution in [0.25, 0.3) is 0 Å². The number of aliphatic carboxylic acids is 1. The van der Waals surface area contributed by atoms with Crippen molar-refractivity contribution in [2.75, 3.05) is 0 Å². The van der Waals surface area contributed by atoms with Gasteiger partial charge in [-0.05, 0) is 5.92 Å². The van der Waals surface area contributed by atoms with E-state index in [-0.39, 0.29) is 18.1 Å². The Kier molecular flexibility index (Phi) is 2.58. The van der Waals surface area contributed by atoms with Crippen molar-refractivity contribution in [3.63, 3.8) is 0 Å². The maximum Gasteiger partial charge on any atom is 0.307 e. The van der Waals surface area contributed by atoms with Crippen LogP contribution in [0, 0.1) is 5.92 Å². The second-order valence-electron chi connectivity index (χ2n) is 4.51. The van der Waals surface area contributed by atoms with Crippen LogP contribution in [-0.4, -0.2) is 16.9 Å². The summed E-state index contributed by atoms with van der Waals surface area (Å²) in [6, 6.07) is 0. The van der Waals surface area contributed by atoms with Crippen molar-refractivity contribution in [2.24, 2.45) is 5.92 Å². The van der Waals surface area contributed by atoms with Gasteiger partial charge in [0.1, 0.15) is 5.76 Å². The summed E-state index contributed by atoms with van der Waals surface area (Å²) in [7, 11) is 0. The molecule has 0 amide bonds. The van der Waals surface area contributed by atoms with Crippen molar-refractivity contribution in [1.82, 2.24) is 0 Å². The highest BCUT2D eigenvalue weighted by atomic mass is 16.4. The van der Waals surface area contributed by atoms with Crippen molar-refractivity contribution in [3.05, 3.63) is 23.2 Å². The molecule has 0 bridgehead atoms. The van der Waals surface area contributed by atoms with Crippen LogP contribution < -0.4 is 0 Å². The summed E-state index contributed by atoms with van der Waals surface area (Å²) in [5.74, 6) is -0.913. The van der Waals surface area contributed by atoms with E-state index in [1.165, 1.54) is 0 Å². The first kappa shape index (κ1) is 10.9. The number of rotatable bonds is 2. The molecule has 0 saturated carbocycles. The van der Waals surface area contributed by atoms with Crippen LogP contribution in [-0.2, 0) is 11.2 Å². The summed E-state index contributed by atoms with van der Waals surface area (Å²) >= 11 is 0. The van der Waals surface area contributed by atoms with Gasteiger partial charge in [-0.2, -0.15) is 0 Å². The molecule has 1 aromatic rings. The second-order valence-corrected chi connectivity index (χ2v) is 4.51. The van der Waals surface area contributed by atoms with Crippen molar-refractivity contribution in [3.8, 4) is 0 Å². The smallest absolute Gasteiger partial charge is 0.307 e. The molecular weight excluding hydrogens is 208 g/mol. The number of hydrogen-bond donors (Lipinski definition) is 1. The number of fused-ring (bicyclic) bond motifs is 1. The molecule has 86 valence electrons. The number of ketones is 1. The van der Waals surface area contributed by atoms with Crippen LogP contribution in [0.2, 0.25) is 0 Å². The fraction of sp³-hybridized carbons (Fsp3) is 0.500. The maximum absolute atomic E-state index is 11.9. The molecular formula is C12H14O4. The average Bonchev–Trinajstić information content (AvgIpc) is 2.61. The standard InChI is InChI=1S/C12H14O4/c1-6(2)8-5-16-10-4-7(12(14)15)3-9(13)11(8)10/h5-7H,3-4H2,1-2H3,(H,14,15). The number of hydrogen-bond acceptors (Lipinski definition) is 3. The Bertz CT molecular complexity index is 442. The molecule has 1 atom stereocenters. The highest BCUT2D eigenvalue weighted by Crippen LogP contribution is 2.33. The molecule has 1 aromatic heterocycles. The first-order valence-electron chi connectivity index (χ1n) is 5.37. The maximum atomic E-state index is 11.9. The van der Waals surface area contributed by atoms with E-state index in [1.807, 2.05) is 13.8 Å². The molecule has 0 radical (unpaired) electrons. The fourth-order valence-electron chi connectivity index (χ4n) is 2.10. The zero-order chi connectivity index (χ0) is 11.9. The van der Waals surface area contributed by atoms with E-state index in [1.54, 1.807) is 6.26 Å². The van der Waals surface area contributed by atoms with Crippen molar-refractivity contribution < 1.29 is 19.1 Å². The Labute approximate surface area is 93.3 Å². The van der Waals surface area contributed by atoms with Gasteiger partial charge in [-0.1, -0.05) is 13.8 Å².